The number of imidazole rings is 1. The number of hydrogen-bond donors (Lipinski definition) is 3. The lowest BCUT2D eigenvalue weighted by atomic mass is 10.1. The van der Waals surface area contributed by atoms with Crippen molar-refractivity contribution in [1.29, 1.82) is 0 Å². The van der Waals surface area contributed by atoms with Gasteiger partial charge in [0, 0.05) is 54.3 Å². The van der Waals surface area contributed by atoms with Crippen LogP contribution in [0.15, 0.2) is 60.8 Å². The topological polar surface area (TPSA) is 199 Å². The number of aromatic nitrogens is 9. The second-order valence-corrected chi connectivity index (χ2v) is 13.0. The van der Waals surface area contributed by atoms with E-state index in [4.69, 9.17) is 26.4 Å². The van der Waals surface area contributed by atoms with Gasteiger partial charge >= 0.3 is 0 Å². The van der Waals surface area contributed by atoms with Crippen molar-refractivity contribution in [1.82, 2.24) is 43.6 Å². The van der Waals surface area contributed by atoms with E-state index >= 15 is 0 Å². The molecule has 0 atom stereocenters. The highest BCUT2D eigenvalue weighted by molar-refractivity contribution is 6.09. The molecule has 0 saturated carbocycles. The third kappa shape index (κ3) is 6.41. The van der Waals surface area contributed by atoms with Gasteiger partial charge in [0.25, 0.3) is 5.91 Å². The van der Waals surface area contributed by atoms with Gasteiger partial charge in [-0.25, -0.2) is 15.0 Å². The molecular formula is C38H40N12O3. The van der Waals surface area contributed by atoms with Gasteiger partial charge in [-0.15, -0.1) is 0 Å². The summed E-state index contributed by atoms with van der Waals surface area (Å²) in [7, 11) is 0. The maximum absolute atomic E-state index is 13.5. The largest absolute Gasteiger partial charge is 0.366 e. The van der Waals surface area contributed by atoms with E-state index in [2.05, 4.69) is 27.0 Å². The van der Waals surface area contributed by atoms with Gasteiger partial charge in [0.1, 0.15) is 17.0 Å². The average molecular weight is 713 g/mol. The van der Waals surface area contributed by atoms with Crippen LogP contribution in [0.4, 0.5) is 5.95 Å². The van der Waals surface area contributed by atoms with Crippen molar-refractivity contribution < 1.29 is 14.4 Å². The van der Waals surface area contributed by atoms with Crippen LogP contribution in [-0.2, 0) is 26.2 Å². The number of amides is 3. The summed E-state index contributed by atoms with van der Waals surface area (Å²) in [5.41, 5.74) is 18.4. The summed E-state index contributed by atoms with van der Waals surface area (Å²) in [6.45, 7) is 11.7. The Morgan fingerprint density at radius 1 is 0.811 bits per heavy atom. The number of nitrogens with zero attached hydrogens (tertiary/aromatic N) is 9. The first kappa shape index (κ1) is 34.8. The molecule has 0 fully saturated rings. The summed E-state index contributed by atoms with van der Waals surface area (Å²) in [6.07, 6.45) is 6.68. The Kier molecular flexibility index (Phi) is 9.07. The smallest absolute Gasteiger partial charge is 0.276 e. The molecule has 0 radical (unpaired) electrons. The molecule has 0 saturated heterocycles. The van der Waals surface area contributed by atoms with E-state index < -0.39 is 11.8 Å². The molecule has 0 aliphatic carbocycles. The van der Waals surface area contributed by atoms with Crippen molar-refractivity contribution in [2.45, 2.75) is 67.2 Å². The highest BCUT2D eigenvalue weighted by atomic mass is 16.2. The van der Waals surface area contributed by atoms with E-state index in [1.165, 1.54) is 0 Å². The molecule has 53 heavy (non-hydrogen) atoms. The molecule has 15 heteroatoms. The summed E-state index contributed by atoms with van der Waals surface area (Å²) in [5, 5.41) is 13.6. The van der Waals surface area contributed by atoms with Gasteiger partial charge in [-0.05, 0) is 82.1 Å². The van der Waals surface area contributed by atoms with Crippen molar-refractivity contribution in [3.05, 3.63) is 94.6 Å². The number of nitrogens with one attached hydrogen (secondary N) is 1. The van der Waals surface area contributed by atoms with E-state index in [0.717, 1.165) is 57.4 Å². The Morgan fingerprint density at radius 2 is 1.53 bits per heavy atom. The molecular weight excluding hydrogens is 672 g/mol. The van der Waals surface area contributed by atoms with Crippen LogP contribution >= 0.6 is 0 Å². The van der Waals surface area contributed by atoms with Crippen LogP contribution in [0.25, 0.3) is 44.5 Å². The first-order chi connectivity index (χ1) is 25.5. The van der Waals surface area contributed by atoms with Crippen molar-refractivity contribution in [3.63, 3.8) is 0 Å². The molecule has 7 rings (SSSR count). The standard InChI is InChI=1S/C38H40N12O3/c1-6-12-50-30(16-22(4)46-50)35-41-20-27-26-18-24(33(39)51)10-11-29(26)47(36(27)43-35)13-8-9-14-48-32-21(3)15-25(34(40)52)19-28(32)42-38(48)44-37(53)31-17-23(5)45-49(31)7-2/h8-11,15-20H,6-7,12-14H2,1-5H3,(H2,39,51)(H2,40,52)(H,42,44,53). The monoisotopic (exact) mass is 712 g/mol. The van der Waals surface area contributed by atoms with Gasteiger partial charge in [-0.1, -0.05) is 19.1 Å². The third-order valence-electron chi connectivity index (χ3n) is 9.17. The molecule has 7 aromatic rings. The number of primary amides is 2. The lowest BCUT2D eigenvalue weighted by molar-refractivity contribution is 0.0992. The number of allylic oxidation sites excluding steroid dienone is 2. The minimum atomic E-state index is -0.566. The molecule has 2 aromatic carbocycles. The molecule has 0 aliphatic rings. The predicted octanol–water partition coefficient (Wildman–Crippen LogP) is 5.06. The highest BCUT2D eigenvalue weighted by Crippen LogP contribution is 2.31. The maximum Gasteiger partial charge on any atom is 0.276 e. The second kappa shape index (κ2) is 13.8. The summed E-state index contributed by atoms with van der Waals surface area (Å²) in [4.78, 5) is 52.2. The average Bonchev–Trinajstić information content (AvgIpc) is 3.88. The number of nitrogens with two attached hydrogens (primary N) is 2. The minimum Gasteiger partial charge on any atom is -0.366 e. The summed E-state index contributed by atoms with van der Waals surface area (Å²) in [5.74, 6) is -0.582. The lowest BCUT2D eigenvalue weighted by Gasteiger charge is -2.10. The summed E-state index contributed by atoms with van der Waals surface area (Å²) >= 11 is 0. The molecule has 3 amide bonds. The number of benzene rings is 2. The molecule has 5 aromatic heterocycles. The fourth-order valence-electron chi connectivity index (χ4n) is 6.83. The fraction of sp³-hybridized carbons (Fsp3) is 0.263. The number of fused-ring (bicyclic) bond motifs is 4. The van der Waals surface area contributed by atoms with Gasteiger partial charge < -0.3 is 20.6 Å². The fourth-order valence-corrected chi connectivity index (χ4v) is 6.83. The molecule has 0 unspecified atom stereocenters. The quantitative estimate of drug-likeness (QED) is 0.146. The van der Waals surface area contributed by atoms with Crippen molar-refractivity contribution >= 4 is 56.6 Å². The number of rotatable bonds is 12. The first-order valence-corrected chi connectivity index (χ1v) is 17.4. The van der Waals surface area contributed by atoms with Gasteiger partial charge in [0.2, 0.25) is 17.8 Å². The van der Waals surface area contributed by atoms with Crippen LogP contribution in [-0.4, -0.2) is 61.4 Å². The molecule has 5 heterocycles. The molecule has 270 valence electrons. The SMILES string of the molecule is CCCn1nc(C)cc1-c1ncc2c3cc(C(N)=O)ccc3n(CC=CCn3c(NC(=O)c4cc(C)nn4CC)nc4cc(C(N)=O)cc(C)c43)c2n1. The predicted molar refractivity (Wildman–Crippen MR) is 203 cm³/mol. The number of aryl methyl sites for hydroxylation is 5. The normalized spacial score (nSPS) is 11.8. The van der Waals surface area contributed by atoms with Crippen LogP contribution in [0.2, 0.25) is 0 Å². The number of carbonyl (C=O) groups is 3. The Balaban J connectivity index is 1.28. The number of hydrogen-bond acceptors (Lipinski definition) is 8. The van der Waals surface area contributed by atoms with Crippen molar-refractivity contribution in [2.24, 2.45) is 11.5 Å². The Labute approximate surface area is 304 Å². The zero-order chi connectivity index (χ0) is 37.6. The summed E-state index contributed by atoms with van der Waals surface area (Å²) < 4.78 is 7.52. The molecule has 0 aliphatic heterocycles. The highest BCUT2D eigenvalue weighted by Gasteiger charge is 2.21. The zero-order valence-electron chi connectivity index (χ0n) is 30.2. The Bertz CT molecular complexity index is 2620. The van der Waals surface area contributed by atoms with Crippen LogP contribution < -0.4 is 16.8 Å². The third-order valence-corrected chi connectivity index (χ3v) is 9.17. The number of anilines is 1. The molecule has 15 nitrogen and oxygen atoms in total. The van der Waals surface area contributed by atoms with Gasteiger partial charge in [0.05, 0.1) is 27.9 Å². The minimum absolute atomic E-state index is 0.313. The maximum atomic E-state index is 13.5. The van der Waals surface area contributed by atoms with E-state index in [0.29, 0.717) is 59.4 Å². The Hall–Kier alpha value is -6.64. The molecule has 0 spiro atoms. The van der Waals surface area contributed by atoms with Gasteiger partial charge in [-0.3, -0.25) is 29.1 Å². The van der Waals surface area contributed by atoms with Gasteiger partial charge in [-0.2, -0.15) is 10.2 Å². The van der Waals surface area contributed by atoms with E-state index in [1.54, 1.807) is 41.2 Å². The number of carbonyl (C=O) groups excluding carboxylic acids is 3. The van der Waals surface area contributed by atoms with Crippen LogP contribution in [0.1, 0.15) is 68.4 Å². The summed E-state index contributed by atoms with van der Waals surface area (Å²) in [6, 6.07) is 12.4. The van der Waals surface area contributed by atoms with Crippen LogP contribution in [0.3, 0.4) is 0 Å². The molecule has 5 N–H and O–H groups in total. The van der Waals surface area contributed by atoms with Gasteiger partial charge in [0.15, 0.2) is 5.82 Å². The lowest BCUT2D eigenvalue weighted by Crippen LogP contribution is -2.20. The van der Waals surface area contributed by atoms with Crippen molar-refractivity contribution in [3.8, 4) is 11.5 Å². The van der Waals surface area contributed by atoms with E-state index in [9.17, 15) is 14.4 Å². The first-order valence-electron chi connectivity index (χ1n) is 17.4. The second-order valence-electron chi connectivity index (χ2n) is 13.0. The Morgan fingerprint density at radius 3 is 2.25 bits per heavy atom. The van der Waals surface area contributed by atoms with Crippen molar-refractivity contribution in [2.75, 3.05) is 5.32 Å². The zero-order valence-corrected chi connectivity index (χ0v) is 30.2. The van der Waals surface area contributed by atoms with Crippen LogP contribution in [0.5, 0.6) is 0 Å². The van der Waals surface area contributed by atoms with E-state index in [1.807, 2.05) is 61.2 Å². The van der Waals surface area contributed by atoms with E-state index in [-0.39, 0.29) is 5.91 Å². The van der Waals surface area contributed by atoms with Crippen LogP contribution in [0, 0.1) is 20.8 Å². The molecule has 0 bridgehead atoms.